The molecule has 1 aliphatic rings. The fourth-order valence-electron chi connectivity index (χ4n) is 2.03. The molecular weight excluding hydrogens is 291 g/mol. The number of sulfonamides is 1. The summed E-state index contributed by atoms with van der Waals surface area (Å²) in [7, 11) is -3.90. The van der Waals surface area contributed by atoms with Crippen LogP contribution in [0.3, 0.4) is 0 Å². The first-order valence-electron chi connectivity index (χ1n) is 5.60. The van der Waals surface area contributed by atoms with E-state index in [9.17, 15) is 17.9 Å². The Morgan fingerprint density at radius 3 is 2.74 bits per heavy atom. The van der Waals surface area contributed by atoms with E-state index in [1.807, 2.05) is 0 Å². The lowest BCUT2D eigenvalue weighted by Gasteiger charge is -2.18. The molecule has 1 aromatic rings. The van der Waals surface area contributed by atoms with Crippen molar-refractivity contribution in [2.24, 2.45) is 5.73 Å². The van der Waals surface area contributed by atoms with Gasteiger partial charge in [-0.1, -0.05) is 18.3 Å². The molecule has 0 bridgehead atoms. The Morgan fingerprint density at radius 2 is 2.21 bits per heavy atom. The van der Waals surface area contributed by atoms with E-state index in [4.69, 9.17) is 18.0 Å². The molecule has 1 aromatic carbocycles. The number of aliphatic hydroxyl groups excluding tert-OH is 1. The second kappa shape index (κ2) is 5.12. The van der Waals surface area contributed by atoms with Crippen LogP contribution in [-0.2, 0) is 10.0 Å². The molecule has 1 heterocycles. The van der Waals surface area contributed by atoms with Gasteiger partial charge in [-0.2, -0.15) is 4.31 Å². The lowest BCUT2D eigenvalue weighted by molar-refractivity contribution is 0.189. The predicted octanol–water partition coefficient (Wildman–Crippen LogP) is 0.215. The smallest absolute Gasteiger partial charge is 0.243 e. The van der Waals surface area contributed by atoms with Crippen molar-refractivity contribution in [1.82, 2.24) is 4.31 Å². The molecule has 19 heavy (non-hydrogen) atoms. The summed E-state index contributed by atoms with van der Waals surface area (Å²) in [5.41, 5.74) is 5.12. The van der Waals surface area contributed by atoms with Crippen molar-refractivity contribution in [1.29, 1.82) is 0 Å². The first kappa shape index (κ1) is 14.3. The fourth-order valence-corrected chi connectivity index (χ4v) is 4.01. The quantitative estimate of drug-likeness (QED) is 0.780. The van der Waals surface area contributed by atoms with Crippen LogP contribution >= 0.6 is 12.2 Å². The van der Waals surface area contributed by atoms with Crippen molar-refractivity contribution in [2.75, 3.05) is 13.1 Å². The van der Waals surface area contributed by atoms with E-state index in [1.165, 1.54) is 12.1 Å². The molecule has 1 aliphatic heterocycles. The molecule has 1 fully saturated rings. The second-order valence-corrected chi connectivity index (χ2v) is 6.63. The number of benzene rings is 1. The van der Waals surface area contributed by atoms with Crippen LogP contribution in [0, 0.1) is 5.82 Å². The molecule has 104 valence electrons. The summed E-state index contributed by atoms with van der Waals surface area (Å²) < 4.78 is 39.6. The number of β-amino-alcohol motifs (C(OH)–C–C–N with tert-alkyl or cyclic N) is 1. The minimum atomic E-state index is -3.90. The van der Waals surface area contributed by atoms with Gasteiger partial charge in [0.1, 0.15) is 10.8 Å². The fraction of sp³-hybridized carbons (Fsp3) is 0.364. The summed E-state index contributed by atoms with van der Waals surface area (Å²) in [6.07, 6.45) is -0.339. The second-order valence-electron chi connectivity index (χ2n) is 4.28. The Labute approximate surface area is 115 Å². The van der Waals surface area contributed by atoms with Crippen LogP contribution < -0.4 is 5.73 Å². The van der Waals surface area contributed by atoms with Crippen molar-refractivity contribution in [3.05, 3.63) is 29.6 Å². The van der Waals surface area contributed by atoms with Crippen LogP contribution in [0.15, 0.2) is 23.1 Å². The van der Waals surface area contributed by atoms with Crippen LogP contribution in [0.25, 0.3) is 0 Å². The van der Waals surface area contributed by atoms with E-state index in [-0.39, 0.29) is 28.5 Å². The van der Waals surface area contributed by atoms with E-state index in [2.05, 4.69) is 0 Å². The summed E-state index contributed by atoms with van der Waals surface area (Å²) >= 11 is 4.71. The van der Waals surface area contributed by atoms with E-state index < -0.39 is 21.9 Å². The van der Waals surface area contributed by atoms with Gasteiger partial charge in [0.15, 0.2) is 0 Å². The van der Waals surface area contributed by atoms with Crippen molar-refractivity contribution < 1.29 is 17.9 Å². The van der Waals surface area contributed by atoms with E-state index in [0.717, 1.165) is 10.4 Å². The highest BCUT2D eigenvalue weighted by Crippen LogP contribution is 2.25. The number of nitrogens with zero attached hydrogens (tertiary/aromatic N) is 1. The van der Waals surface area contributed by atoms with Gasteiger partial charge in [-0.25, -0.2) is 12.8 Å². The SMILES string of the molecule is NC(=S)c1c(F)cccc1S(=O)(=O)N1CCC(O)C1. The van der Waals surface area contributed by atoms with E-state index in [0.29, 0.717) is 6.42 Å². The van der Waals surface area contributed by atoms with Gasteiger partial charge >= 0.3 is 0 Å². The monoisotopic (exact) mass is 304 g/mol. The molecule has 8 heteroatoms. The van der Waals surface area contributed by atoms with Gasteiger partial charge < -0.3 is 10.8 Å². The van der Waals surface area contributed by atoms with Gasteiger partial charge in [0, 0.05) is 13.1 Å². The molecule has 3 N–H and O–H groups in total. The minimum Gasteiger partial charge on any atom is -0.392 e. The molecule has 0 saturated carbocycles. The molecule has 0 spiro atoms. The average molecular weight is 304 g/mol. The summed E-state index contributed by atoms with van der Waals surface area (Å²) in [4.78, 5) is -0.564. The predicted molar refractivity (Wildman–Crippen MR) is 71.7 cm³/mol. The Hall–Kier alpha value is -1.09. The minimum absolute atomic E-state index is 0.00435. The maximum absolute atomic E-state index is 13.7. The lowest BCUT2D eigenvalue weighted by atomic mass is 10.2. The van der Waals surface area contributed by atoms with E-state index >= 15 is 0 Å². The van der Waals surface area contributed by atoms with Crippen molar-refractivity contribution in [3.63, 3.8) is 0 Å². The molecule has 0 aromatic heterocycles. The molecule has 1 atom stereocenters. The highest BCUT2D eigenvalue weighted by atomic mass is 32.2. The lowest BCUT2D eigenvalue weighted by Crippen LogP contribution is -2.31. The van der Waals surface area contributed by atoms with Crippen LogP contribution in [-0.4, -0.2) is 42.0 Å². The van der Waals surface area contributed by atoms with Gasteiger partial charge in [0.25, 0.3) is 0 Å². The van der Waals surface area contributed by atoms with Gasteiger partial charge in [0.05, 0.1) is 16.6 Å². The molecule has 0 radical (unpaired) electrons. The van der Waals surface area contributed by atoms with Gasteiger partial charge in [0.2, 0.25) is 10.0 Å². The molecular formula is C11H13FN2O3S2. The number of aliphatic hydroxyl groups is 1. The first-order chi connectivity index (χ1) is 8.84. The van der Waals surface area contributed by atoms with E-state index in [1.54, 1.807) is 0 Å². The Bertz CT molecular complexity index is 618. The van der Waals surface area contributed by atoms with Crippen molar-refractivity contribution >= 4 is 27.2 Å². The molecule has 0 aliphatic carbocycles. The summed E-state index contributed by atoms with van der Waals surface area (Å²) in [6.45, 7) is 0.187. The van der Waals surface area contributed by atoms with Crippen molar-refractivity contribution in [3.8, 4) is 0 Å². The highest BCUT2D eigenvalue weighted by molar-refractivity contribution is 7.89. The molecule has 1 unspecified atom stereocenters. The Kier molecular flexibility index (Phi) is 3.86. The zero-order chi connectivity index (χ0) is 14.2. The zero-order valence-corrected chi connectivity index (χ0v) is 11.5. The van der Waals surface area contributed by atoms with Gasteiger partial charge in [-0.3, -0.25) is 0 Å². The van der Waals surface area contributed by atoms with Crippen LogP contribution in [0.4, 0.5) is 4.39 Å². The number of hydrogen-bond donors (Lipinski definition) is 2. The summed E-state index contributed by atoms with van der Waals surface area (Å²) in [5, 5.41) is 9.41. The number of hydrogen-bond acceptors (Lipinski definition) is 4. The summed E-state index contributed by atoms with van der Waals surface area (Å²) in [5.74, 6) is -0.770. The Balaban J connectivity index is 2.52. The van der Waals surface area contributed by atoms with Crippen LogP contribution in [0.2, 0.25) is 0 Å². The molecule has 1 saturated heterocycles. The van der Waals surface area contributed by atoms with Crippen molar-refractivity contribution in [2.45, 2.75) is 17.4 Å². The zero-order valence-electron chi connectivity index (χ0n) is 9.91. The van der Waals surface area contributed by atoms with Crippen LogP contribution in [0.5, 0.6) is 0 Å². The third-order valence-corrected chi connectivity index (χ3v) is 5.08. The number of nitrogens with two attached hydrogens (primary N) is 1. The molecule has 2 rings (SSSR count). The largest absolute Gasteiger partial charge is 0.392 e. The third kappa shape index (κ3) is 2.62. The number of thiocarbonyl (C=S) groups is 1. The number of halogens is 1. The summed E-state index contributed by atoms with van der Waals surface area (Å²) in [6, 6.07) is 3.65. The standard InChI is InChI=1S/C11H13FN2O3S2/c12-8-2-1-3-9(10(8)11(13)18)19(16,17)14-5-4-7(15)6-14/h1-3,7,15H,4-6H2,(H2,13,18). The highest BCUT2D eigenvalue weighted by Gasteiger charge is 2.34. The Morgan fingerprint density at radius 1 is 1.53 bits per heavy atom. The topological polar surface area (TPSA) is 83.6 Å². The third-order valence-electron chi connectivity index (χ3n) is 2.97. The molecule has 0 amide bonds. The average Bonchev–Trinajstić information content (AvgIpc) is 2.75. The number of rotatable bonds is 3. The normalized spacial score (nSPS) is 20.6. The van der Waals surface area contributed by atoms with Gasteiger partial charge in [-0.05, 0) is 18.6 Å². The first-order valence-corrected chi connectivity index (χ1v) is 7.45. The van der Waals surface area contributed by atoms with Crippen LogP contribution in [0.1, 0.15) is 12.0 Å². The maximum atomic E-state index is 13.7. The molecule has 5 nitrogen and oxygen atoms in total. The maximum Gasteiger partial charge on any atom is 0.243 e. The van der Waals surface area contributed by atoms with Gasteiger partial charge in [-0.15, -0.1) is 0 Å².